The van der Waals surface area contributed by atoms with Gasteiger partial charge < -0.3 is 10.2 Å². The van der Waals surface area contributed by atoms with Gasteiger partial charge in [-0.15, -0.1) is 0 Å². The number of hydrogen-bond acceptors (Lipinski definition) is 5. The summed E-state index contributed by atoms with van der Waals surface area (Å²) in [5.74, 6) is 0. The molecule has 0 radical (unpaired) electrons. The van der Waals surface area contributed by atoms with E-state index in [2.05, 4.69) is 31.0 Å². The van der Waals surface area contributed by atoms with Crippen molar-refractivity contribution >= 4 is 21.6 Å². The molecule has 1 saturated heterocycles. The molecule has 116 valence electrons. The molecule has 0 saturated carbocycles. The van der Waals surface area contributed by atoms with Gasteiger partial charge in [0.05, 0.1) is 4.92 Å². The molecule has 21 heavy (non-hydrogen) atoms. The largest absolute Gasteiger partial charge is 0.314 e. The van der Waals surface area contributed by atoms with E-state index in [9.17, 15) is 10.1 Å². The van der Waals surface area contributed by atoms with Crippen molar-refractivity contribution in [3.05, 3.63) is 38.3 Å². The summed E-state index contributed by atoms with van der Waals surface area (Å²) < 4.78 is 0.737. The Kier molecular flexibility index (Phi) is 6.10. The van der Waals surface area contributed by atoms with Crippen molar-refractivity contribution in [1.82, 2.24) is 15.1 Å². The zero-order valence-electron chi connectivity index (χ0n) is 12.2. The first kappa shape index (κ1) is 16.4. The summed E-state index contributed by atoms with van der Waals surface area (Å²) in [5.41, 5.74) is 0.935. The van der Waals surface area contributed by atoms with Crippen LogP contribution in [0.1, 0.15) is 5.56 Å². The molecule has 0 unspecified atom stereocenters. The second-order valence-corrected chi connectivity index (χ2v) is 6.28. The number of halogens is 1. The van der Waals surface area contributed by atoms with Crippen molar-refractivity contribution < 1.29 is 4.92 Å². The van der Waals surface area contributed by atoms with E-state index in [4.69, 9.17) is 0 Å². The van der Waals surface area contributed by atoms with Crippen LogP contribution in [0.15, 0.2) is 22.7 Å². The lowest BCUT2D eigenvalue weighted by atomic mass is 10.1. The lowest BCUT2D eigenvalue weighted by Gasteiger charge is -2.29. The highest BCUT2D eigenvalue weighted by atomic mass is 79.9. The van der Waals surface area contributed by atoms with Crippen LogP contribution in [0.4, 0.5) is 5.69 Å². The van der Waals surface area contributed by atoms with Crippen molar-refractivity contribution in [2.75, 3.05) is 46.3 Å². The third-order valence-electron chi connectivity index (χ3n) is 3.69. The molecule has 6 nitrogen and oxygen atoms in total. The fourth-order valence-electron chi connectivity index (χ4n) is 2.46. The first-order chi connectivity index (χ1) is 10.1. The van der Waals surface area contributed by atoms with Crippen molar-refractivity contribution in [3.8, 4) is 0 Å². The summed E-state index contributed by atoms with van der Waals surface area (Å²) in [5, 5.41) is 14.4. The lowest BCUT2D eigenvalue weighted by molar-refractivity contribution is -0.385. The molecule has 0 atom stereocenters. The van der Waals surface area contributed by atoms with E-state index in [0.717, 1.165) is 49.3 Å². The van der Waals surface area contributed by atoms with Gasteiger partial charge in [-0.25, -0.2) is 0 Å². The van der Waals surface area contributed by atoms with Gasteiger partial charge in [0.2, 0.25) is 0 Å². The van der Waals surface area contributed by atoms with Crippen LogP contribution in [0.2, 0.25) is 0 Å². The van der Waals surface area contributed by atoms with E-state index in [0.29, 0.717) is 6.54 Å². The third kappa shape index (κ3) is 5.03. The molecule has 2 rings (SSSR count). The van der Waals surface area contributed by atoms with Gasteiger partial charge in [0, 0.05) is 61.9 Å². The fourth-order valence-corrected chi connectivity index (χ4v) is 2.81. The Morgan fingerprint density at radius 3 is 2.81 bits per heavy atom. The Balaban J connectivity index is 1.89. The molecular weight excluding hydrogens is 336 g/mol. The average Bonchev–Trinajstić information content (AvgIpc) is 2.48. The number of nitrogens with zero attached hydrogens (tertiary/aromatic N) is 3. The second kappa shape index (κ2) is 7.84. The topological polar surface area (TPSA) is 61.6 Å². The molecule has 0 bridgehead atoms. The summed E-state index contributed by atoms with van der Waals surface area (Å²) in [7, 11) is 2.01. The maximum absolute atomic E-state index is 11.1. The summed E-state index contributed by atoms with van der Waals surface area (Å²) in [6.45, 7) is 6.74. The molecule has 1 heterocycles. The van der Waals surface area contributed by atoms with Crippen LogP contribution in [-0.2, 0) is 6.54 Å². The zero-order valence-corrected chi connectivity index (χ0v) is 13.8. The SMILES string of the molecule is CN(CCN1CCNCC1)Cc1ccc(Br)cc1[N+](=O)[O-]. The molecule has 1 N–H and O–H groups in total. The monoisotopic (exact) mass is 356 g/mol. The average molecular weight is 357 g/mol. The Morgan fingerprint density at radius 1 is 1.43 bits per heavy atom. The first-order valence-corrected chi connectivity index (χ1v) is 7.90. The Hall–Kier alpha value is -1.02. The molecule has 7 heteroatoms. The highest BCUT2D eigenvalue weighted by Gasteiger charge is 2.16. The van der Waals surface area contributed by atoms with Gasteiger partial charge in [0.15, 0.2) is 0 Å². The molecule has 0 spiro atoms. The smallest absolute Gasteiger partial charge is 0.275 e. The fraction of sp³-hybridized carbons (Fsp3) is 0.571. The molecule has 1 aliphatic rings. The van der Waals surface area contributed by atoms with Crippen molar-refractivity contribution in [1.29, 1.82) is 0 Å². The molecule has 1 aliphatic heterocycles. The van der Waals surface area contributed by atoms with Crippen LogP contribution >= 0.6 is 15.9 Å². The molecule has 0 amide bonds. The number of rotatable bonds is 6. The predicted octanol–water partition coefficient (Wildman–Crippen LogP) is 1.69. The van der Waals surface area contributed by atoms with E-state index >= 15 is 0 Å². The van der Waals surface area contributed by atoms with E-state index in [1.54, 1.807) is 6.07 Å². The maximum atomic E-state index is 11.1. The number of nitrogens with one attached hydrogen (secondary N) is 1. The zero-order chi connectivity index (χ0) is 15.2. The standard InChI is InChI=1S/C14H21BrN4O2/c1-17(8-9-18-6-4-16-5-7-18)11-12-2-3-13(15)10-14(12)19(20)21/h2-3,10,16H,4-9,11H2,1H3. The number of benzene rings is 1. The molecular formula is C14H21BrN4O2. The number of piperazine rings is 1. The van der Waals surface area contributed by atoms with Gasteiger partial charge >= 0.3 is 0 Å². The Bertz CT molecular complexity index is 492. The van der Waals surface area contributed by atoms with Crippen LogP contribution in [0.25, 0.3) is 0 Å². The summed E-state index contributed by atoms with van der Waals surface area (Å²) in [6.07, 6.45) is 0. The minimum absolute atomic E-state index is 0.179. The number of nitro benzene ring substituents is 1. The molecule has 1 aromatic carbocycles. The second-order valence-electron chi connectivity index (χ2n) is 5.36. The molecule has 0 aromatic heterocycles. The lowest BCUT2D eigenvalue weighted by Crippen LogP contribution is -2.45. The van der Waals surface area contributed by atoms with Crippen LogP contribution < -0.4 is 5.32 Å². The van der Waals surface area contributed by atoms with Gasteiger partial charge in [0.1, 0.15) is 0 Å². The number of likely N-dealkylation sites (N-methyl/N-ethyl adjacent to an activating group) is 1. The number of hydrogen-bond donors (Lipinski definition) is 1. The molecule has 1 aromatic rings. The van der Waals surface area contributed by atoms with Crippen molar-refractivity contribution in [2.24, 2.45) is 0 Å². The molecule has 1 fully saturated rings. The van der Waals surface area contributed by atoms with E-state index < -0.39 is 0 Å². The third-order valence-corrected chi connectivity index (χ3v) is 4.19. The Labute approximate surface area is 133 Å². The van der Waals surface area contributed by atoms with Gasteiger partial charge in [0.25, 0.3) is 5.69 Å². The summed E-state index contributed by atoms with van der Waals surface area (Å²) >= 11 is 3.28. The maximum Gasteiger partial charge on any atom is 0.275 e. The van der Waals surface area contributed by atoms with E-state index in [1.165, 1.54) is 0 Å². The quantitative estimate of drug-likeness (QED) is 0.620. The van der Waals surface area contributed by atoms with Crippen LogP contribution in [-0.4, -0.2) is 61.0 Å². The minimum atomic E-state index is -0.315. The van der Waals surface area contributed by atoms with Crippen LogP contribution in [0.3, 0.4) is 0 Å². The van der Waals surface area contributed by atoms with Crippen LogP contribution in [0.5, 0.6) is 0 Å². The van der Waals surface area contributed by atoms with Crippen molar-refractivity contribution in [2.45, 2.75) is 6.54 Å². The normalized spacial score (nSPS) is 16.3. The van der Waals surface area contributed by atoms with Crippen LogP contribution in [0, 0.1) is 10.1 Å². The molecule has 0 aliphatic carbocycles. The van der Waals surface area contributed by atoms with Gasteiger partial charge in [-0.05, 0) is 19.2 Å². The highest BCUT2D eigenvalue weighted by Crippen LogP contribution is 2.24. The highest BCUT2D eigenvalue weighted by molar-refractivity contribution is 9.10. The van der Waals surface area contributed by atoms with Gasteiger partial charge in [-0.3, -0.25) is 15.0 Å². The first-order valence-electron chi connectivity index (χ1n) is 7.10. The van der Waals surface area contributed by atoms with Crippen molar-refractivity contribution in [3.63, 3.8) is 0 Å². The summed E-state index contributed by atoms with van der Waals surface area (Å²) in [6, 6.07) is 5.25. The number of nitro groups is 1. The Morgan fingerprint density at radius 2 is 2.14 bits per heavy atom. The summed E-state index contributed by atoms with van der Waals surface area (Å²) in [4.78, 5) is 15.4. The predicted molar refractivity (Wildman–Crippen MR) is 86.4 cm³/mol. The van der Waals surface area contributed by atoms with E-state index in [-0.39, 0.29) is 10.6 Å². The minimum Gasteiger partial charge on any atom is -0.314 e. The van der Waals surface area contributed by atoms with Gasteiger partial charge in [-0.2, -0.15) is 0 Å². The van der Waals surface area contributed by atoms with E-state index in [1.807, 2.05) is 19.2 Å². The van der Waals surface area contributed by atoms with Gasteiger partial charge in [-0.1, -0.05) is 15.9 Å².